The molecule has 0 amide bonds. The molecule has 1 aliphatic carbocycles. The first kappa shape index (κ1) is 32.0. The second kappa shape index (κ2) is 12.9. The van der Waals surface area contributed by atoms with Crippen molar-refractivity contribution in [1.29, 1.82) is 0 Å². The van der Waals surface area contributed by atoms with Crippen LogP contribution in [-0.2, 0) is 8.85 Å². The lowest BCUT2D eigenvalue weighted by Gasteiger charge is -2.52. The molecule has 1 saturated carbocycles. The minimum absolute atomic E-state index is 0.0915. The van der Waals surface area contributed by atoms with E-state index >= 15 is 0 Å². The number of nitrogens with zero attached hydrogens (tertiary/aromatic N) is 3. The van der Waals surface area contributed by atoms with Gasteiger partial charge < -0.3 is 8.85 Å². The molecule has 0 heterocycles. The van der Waals surface area contributed by atoms with Crippen molar-refractivity contribution < 1.29 is 8.85 Å². The van der Waals surface area contributed by atoms with Crippen LogP contribution in [0, 0.1) is 5.92 Å². The van der Waals surface area contributed by atoms with Gasteiger partial charge in [0.25, 0.3) is 16.6 Å². The highest BCUT2D eigenvalue weighted by Crippen LogP contribution is 2.44. The van der Waals surface area contributed by atoms with E-state index in [0.29, 0.717) is 6.61 Å². The Balaban J connectivity index is 1.57. The molecule has 0 aliphatic heterocycles. The minimum atomic E-state index is -2.86. The van der Waals surface area contributed by atoms with Gasteiger partial charge >= 0.3 is 0 Å². The summed E-state index contributed by atoms with van der Waals surface area (Å²) < 4.78 is 14.9. The summed E-state index contributed by atoms with van der Waals surface area (Å²) in [5, 5.41) is 8.90. The van der Waals surface area contributed by atoms with Gasteiger partial charge in [-0.1, -0.05) is 168 Å². The molecular formula is C37H45N3O2Si2. The predicted molar refractivity (Wildman–Crippen MR) is 187 cm³/mol. The van der Waals surface area contributed by atoms with E-state index in [9.17, 15) is 5.53 Å². The highest BCUT2D eigenvalue weighted by molar-refractivity contribution is 7.00. The van der Waals surface area contributed by atoms with Crippen molar-refractivity contribution in [2.75, 3.05) is 6.61 Å². The van der Waals surface area contributed by atoms with E-state index < -0.39 is 16.6 Å². The lowest BCUT2D eigenvalue weighted by molar-refractivity contribution is -0.0114. The Morgan fingerprint density at radius 3 is 1.34 bits per heavy atom. The monoisotopic (exact) mass is 619 g/mol. The number of hydrogen-bond acceptors (Lipinski definition) is 3. The van der Waals surface area contributed by atoms with Crippen LogP contribution >= 0.6 is 0 Å². The summed E-state index contributed by atoms with van der Waals surface area (Å²) in [6.45, 7) is 14.3. The van der Waals surface area contributed by atoms with Gasteiger partial charge in [-0.2, -0.15) is 0 Å². The highest BCUT2D eigenvalue weighted by atomic mass is 28.4. The van der Waals surface area contributed by atoms with Crippen LogP contribution in [0.3, 0.4) is 0 Å². The van der Waals surface area contributed by atoms with Crippen LogP contribution in [0.25, 0.3) is 10.4 Å². The average Bonchev–Trinajstić information content (AvgIpc) is 3.01. The molecule has 4 aromatic rings. The summed E-state index contributed by atoms with van der Waals surface area (Å²) in [4.78, 5) is 3.25. The molecule has 0 bridgehead atoms. The minimum Gasteiger partial charge on any atom is -0.407 e. The van der Waals surface area contributed by atoms with Crippen LogP contribution in [0.5, 0.6) is 0 Å². The van der Waals surface area contributed by atoms with E-state index in [2.05, 4.69) is 173 Å². The molecule has 0 spiro atoms. The van der Waals surface area contributed by atoms with Crippen LogP contribution < -0.4 is 20.7 Å². The summed E-state index contributed by atoms with van der Waals surface area (Å²) in [6, 6.07) is 42.6. The first-order chi connectivity index (χ1) is 21.0. The second-order valence-corrected chi connectivity index (χ2v) is 22.5. The Kier molecular flexibility index (Phi) is 9.35. The first-order valence-electron chi connectivity index (χ1n) is 15.6. The Bertz CT molecular complexity index is 1470. The maximum Gasteiger partial charge on any atom is 0.261 e. The van der Waals surface area contributed by atoms with Crippen molar-refractivity contribution >= 4 is 37.4 Å². The lowest BCUT2D eigenvalue weighted by Crippen LogP contribution is -2.71. The molecule has 7 heteroatoms. The molecule has 1 fully saturated rings. The zero-order chi connectivity index (χ0) is 31.4. The maximum atomic E-state index is 9.55. The molecule has 0 N–H and O–H groups in total. The van der Waals surface area contributed by atoms with Gasteiger partial charge in [-0.15, -0.1) is 0 Å². The summed E-state index contributed by atoms with van der Waals surface area (Å²) in [6.07, 6.45) is 0.487. The Morgan fingerprint density at radius 2 is 1.00 bits per heavy atom. The maximum absolute atomic E-state index is 9.55. The van der Waals surface area contributed by atoms with Gasteiger partial charge in [-0.25, -0.2) is 0 Å². The van der Waals surface area contributed by atoms with Gasteiger partial charge in [0.15, 0.2) is 0 Å². The molecule has 3 atom stereocenters. The third kappa shape index (κ3) is 5.83. The van der Waals surface area contributed by atoms with Crippen molar-refractivity contribution in [3.8, 4) is 0 Å². The molecular weight excluding hydrogens is 575 g/mol. The summed E-state index contributed by atoms with van der Waals surface area (Å²) in [5.74, 6) is 0.0915. The smallest absolute Gasteiger partial charge is 0.261 e. The van der Waals surface area contributed by atoms with Crippen LogP contribution in [0.4, 0.5) is 0 Å². The van der Waals surface area contributed by atoms with Gasteiger partial charge in [0.05, 0.1) is 12.1 Å². The fourth-order valence-electron chi connectivity index (χ4n) is 7.10. The largest absolute Gasteiger partial charge is 0.407 e. The third-order valence-electron chi connectivity index (χ3n) is 9.25. The third-order valence-corrected chi connectivity index (χ3v) is 19.3. The number of azide groups is 1. The zero-order valence-corrected chi connectivity index (χ0v) is 28.9. The van der Waals surface area contributed by atoms with Crippen LogP contribution in [0.1, 0.15) is 48.0 Å². The molecule has 3 unspecified atom stereocenters. The van der Waals surface area contributed by atoms with Gasteiger partial charge in [0, 0.05) is 17.4 Å². The van der Waals surface area contributed by atoms with Gasteiger partial charge in [0.1, 0.15) is 0 Å². The highest BCUT2D eigenvalue weighted by Gasteiger charge is 2.57. The van der Waals surface area contributed by atoms with Gasteiger partial charge in [-0.05, 0) is 42.8 Å². The quantitative estimate of drug-likeness (QED) is 0.0815. The standard InChI is InChI=1S/C37H45N3O2Si2/c1-36(2,3)43(30-19-11-7-12-20-30,31-21-13-8-14-22-31)41-28-29-27-34(39-40-38)35(29)42-44(37(4,5)6,32-23-15-9-16-24-32)33-25-17-10-18-26-33/h7-26,29,34-35H,27-28H2,1-6H3. The molecule has 228 valence electrons. The Morgan fingerprint density at radius 1 is 0.636 bits per heavy atom. The molecule has 0 aromatic heterocycles. The fraction of sp³-hybridized carbons (Fsp3) is 0.351. The van der Waals surface area contributed by atoms with E-state index in [0.717, 1.165) is 6.42 Å². The second-order valence-electron chi connectivity index (χ2n) is 14.0. The normalized spacial score (nSPS) is 19.1. The summed E-state index contributed by atoms with van der Waals surface area (Å²) in [5.41, 5.74) is 9.55. The SMILES string of the molecule is CC(C)(C)[Si](OCC1CC(N=[N+]=[N-])C1O[Si](c1ccccc1)(c1ccccc1)C(C)(C)C)(c1ccccc1)c1ccccc1. The van der Waals surface area contributed by atoms with Crippen molar-refractivity contribution in [2.45, 2.75) is 70.2 Å². The predicted octanol–water partition coefficient (Wildman–Crippen LogP) is 7.21. The topological polar surface area (TPSA) is 67.2 Å². The van der Waals surface area contributed by atoms with E-state index in [-0.39, 0.29) is 28.1 Å². The van der Waals surface area contributed by atoms with Crippen molar-refractivity contribution in [3.05, 3.63) is 132 Å². The molecule has 44 heavy (non-hydrogen) atoms. The van der Waals surface area contributed by atoms with E-state index in [1.807, 2.05) is 0 Å². The van der Waals surface area contributed by atoms with Gasteiger partial charge in [0.2, 0.25) is 0 Å². The summed E-state index contributed by atoms with van der Waals surface area (Å²) >= 11 is 0. The number of hydrogen-bond donors (Lipinski definition) is 0. The lowest BCUT2D eigenvalue weighted by atomic mass is 9.78. The molecule has 5 nitrogen and oxygen atoms in total. The van der Waals surface area contributed by atoms with Crippen LogP contribution in [-0.4, -0.2) is 35.4 Å². The van der Waals surface area contributed by atoms with Crippen molar-refractivity contribution in [3.63, 3.8) is 0 Å². The van der Waals surface area contributed by atoms with Crippen LogP contribution in [0.15, 0.2) is 126 Å². The molecule has 4 aromatic carbocycles. The fourth-order valence-corrected chi connectivity index (χ4v) is 16.5. The molecule has 5 rings (SSSR count). The summed E-state index contributed by atoms with van der Waals surface area (Å²) in [7, 11) is -5.60. The van der Waals surface area contributed by atoms with E-state index in [1.54, 1.807) is 0 Å². The Hall–Kier alpha value is -3.46. The first-order valence-corrected chi connectivity index (χ1v) is 19.4. The Labute approximate surface area is 265 Å². The van der Waals surface area contributed by atoms with Crippen molar-refractivity contribution in [1.82, 2.24) is 0 Å². The number of benzene rings is 4. The van der Waals surface area contributed by atoms with E-state index in [1.165, 1.54) is 20.7 Å². The van der Waals surface area contributed by atoms with E-state index in [4.69, 9.17) is 8.85 Å². The molecule has 1 aliphatic rings. The van der Waals surface area contributed by atoms with Crippen LogP contribution in [0.2, 0.25) is 10.1 Å². The number of rotatable bonds is 10. The zero-order valence-electron chi connectivity index (χ0n) is 26.9. The van der Waals surface area contributed by atoms with Crippen molar-refractivity contribution in [2.24, 2.45) is 11.0 Å². The van der Waals surface area contributed by atoms with Gasteiger partial charge in [-0.3, -0.25) is 0 Å². The average molecular weight is 620 g/mol. The molecule has 0 saturated heterocycles. The molecule has 0 radical (unpaired) electrons.